The third kappa shape index (κ3) is 5.11. The standard InChI is InChI=1S/C28H41FN6/c1-27-16-22-6-5-10-28(20-27,18-23(22)17-27)21-35-19-24(31-32-35)7-2-3-11-33-12-14-34(15-13-33)26-9-4-8-25(29)30-26/h4,8-9,19,22-23H,2-3,5-7,10-18,20-21H2,1H3/t22-,23?,27-,28?/m0/s1. The van der Waals surface area contributed by atoms with Gasteiger partial charge in [0.15, 0.2) is 0 Å². The molecule has 4 atom stereocenters. The van der Waals surface area contributed by atoms with E-state index in [4.69, 9.17) is 0 Å². The van der Waals surface area contributed by atoms with Crippen LogP contribution in [0.3, 0.4) is 0 Å². The number of hydrogen-bond acceptors (Lipinski definition) is 5. The Bertz CT molecular complexity index is 1020. The van der Waals surface area contributed by atoms with Crippen LogP contribution in [-0.2, 0) is 13.0 Å². The minimum absolute atomic E-state index is 0.399. The molecule has 2 aromatic heterocycles. The van der Waals surface area contributed by atoms with E-state index < -0.39 is 5.95 Å². The molecule has 0 spiro atoms. The van der Waals surface area contributed by atoms with E-state index in [0.717, 1.165) is 75.5 Å². The summed E-state index contributed by atoms with van der Waals surface area (Å²) in [4.78, 5) is 8.73. The Hall–Kier alpha value is -2.02. The summed E-state index contributed by atoms with van der Waals surface area (Å²) < 4.78 is 15.6. The second-order valence-electron chi connectivity index (χ2n) is 12.5. The Balaban J connectivity index is 0.946. The molecular formula is C28H41FN6. The summed E-state index contributed by atoms with van der Waals surface area (Å²) in [7, 11) is 0. The number of halogens is 1. The fraction of sp³-hybridized carbons (Fsp3) is 0.750. The Labute approximate surface area is 209 Å². The topological polar surface area (TPSA) is 50.1 Å². The number of piperazine rings is 1. The lowest BCUT2D eigenvalue weighted by Gasteiger charge is -2.45. The van der Waals surface area contributed by atoms with Crippen LogP contribution in [-0.4, -0.2) is 57.6 Å². The minimum atomic E-state index is -0.399. The number of rotatable bonds is 8. The Kier molecular flexibility index (Phi) is 6.32. The van der Waals surface area contributed by atoms with Gasteiger partial charge in [-0.1, -0.05) is 31.0 Å². The summed E-state index contributed by atoms with van der Waals surface area (Å²) in [5, 5.41) is 9.12. The average Bonchev–Trinajstić information content (AvgIpc) is 3.33. The first-order chi connectivity index (χ1) is 17.0. The van der Waals surface area contributed by atoms with Crippen LogP contribution in [0.15, 0.2) is 24.4 Å². The number of nitrogens with zero attached hydrogens (tertiary/aromatic N) is 6. The van der Waals surface area contributed by atoms with E-state index in [1.807, 2.05) is 6.07 Å². The highest BCUT2D eigenvalue weighted by atomic mass is 19.1. The Morgan fingerprint density at radius 2 is 1.91 bits per heavy atom. The molecule has 7 heteroatoms. The highest BCUT2D eigenvalue weighted by molar-refractivity contribution is 5.38. The molecule has 1 saturated heterocycles. The van der Waals surface area contributed by atoms with Crippen LogP contribution in [0, 0.1) is 28.6 Å². The molecule has 6 rings (SSSR count). The van der Waals surface area contributed by atoms with E-state index >= 15 is 0 Å². The van der Waals surface area contributed by atoms with Gasteiger partial charge in [0.25, 0.3) is 0 Å². The van der Waals surface area contributed by atoms with Gasteiger partial charge in [-0.3, -0.25) is 9.58 Å². The number of fused-ring (bicyclic) bond motifs is 2. The van der Waals surface area contributed by atoms with Crippen molar-refractivity contribution in [1.82, 2.24) is 24.9 Å². The van der Waals surface area contributed by atoms with Crippen LogP contribution in [0.5, 0.6) is 0 Å². The van der Waals surface area contributed by atoms with Crippen LogP contribution >= 0.6 is 0 Å². The molecule has 3 heterocycles. The van der Waals surface area contributed by atoms with Gasteiger partial charge in [0.2, 0.25) is 5.95 Å². The molecule has 0 N–H and O–H groups in total. The largest absolute Gasteiger partial charge is 0.354 e. The van der Waals surface area contributed by atoms with E-state index in [0.29, 0.717) is 10.8 Å². The van der Waals surface area contributed by atoms with Gasteiger partial charge in [-0.2, -0.15) is 4.39 Å². The van der Waals surface area contributed by atoms with Gasteiger partial charge in [-0.15, -0.1) is 5.10 Å². The number of aryl methyl sites for hydroxylation is 1. The molecule has 1 aliphatic heterocycles. The first kappa shape index (κ1) is 23.4. The molecule has 0 amide bonds. The molecule has 3 bridgehead atoms. The van der Waals surface area contributed by atoms with Gasteiger partial charge < -0.3 is 4.90 Å². The predicted molar refractivity (Wildman–Crippen MR) is 136 cm³/mol. The number of unbranched alkanes of at least 4 members (excludes halogenated alkanes) is 1. The summed E-state index contributed by atoms with van der Waals surface area (Å²) >= 11 is 0. The predicted octanol–water partition coefficient (Wildman–Crippen LogP) is 4.95. The van der Waals surface area contributed by atoms with Crippen molar-refractivity contribution in [3.05, 3.63) is 36.0 Å². The van der Waals surface area contributed by atoms with Gasteiger partial charge in [0.05, 0.1) is 5.69 Å². The fourth-order valence-electron chi connectivity index (χ4n) is 8.36. The van der Waals surface area contributed by atoms with Crippen LogP contribution in [0.1, 0.15) is 70.4 Å². The van der Waals surface area contributed by atoms with E-state index in [-0.39, 0.29) is 0 Å². The van der Waals surface area contributed by atoms with Gasteiger partial charge in [-0.05, 0) is 92.7 Å². The van der Waals surface area contributed by atoms with Crippen LogP contribution in [0.25, 0.3) is 0 Å². The van der Waals surface area contributed by atoms with Crippen molar-refractivity contribution >= 4 is 5.82 Å². The van der Waals surface area contributed by atoms with E-state index in [1.54, 1.807) is 6.07 Å². The van der Waals surface area contributed by atoms with Crippen LogP contribution < -0.4 is 4.90 Å². The Morgan fingerprint density at radius 3 is 2.77 bits per heavy atom. The molecule has 3 aliphatic carbocycles. The van der Waals surface area contributed by atoms with E-state index in [1.165, 1.54) is 57.4 Å². The number of anilines is 1. The number of pyridine rings is 1. The van der Waals surface area contributed by atoms with Gasteiger partial charge in [0, 0.05) is 38.9 Å². The van der Waals surface area contributed by atoms with E-state index in [2.05, 4.69) is 42.9 Å². The molecule has 6 nitrogen and oxygen atoms in total. The van der Waals surface area contributed by atoms with Gasteiger partial charge in [0.1, 0.15) is 5.82 Å². The number of hydrogen-bond donors (Lipinski definition) is 0. The molecule has 4 aliphatic rings. The van der Waals surface area contributed by atoms with E-state index in [9.17, 15) is 4.39 Å². The molecule has 4 fully saturated rings. The van der Waals surface area contributed by atoms with Crippen LogP contribution in [0.2, 0.25) is 0 Å². The maximum absolute atomic E-state index is 13.4. The van der Waals surface area contributed by atoms with Crippen LogP contribution in [0.4, 0.5) is 10.2 Å². The lowest BCUT2D eigenvalue weighted by Crippen LogP contribution is -2.47. The summed E-state index contributed by atoms with van der Waals surface area (Å²) in [6, 6.07) is 5.05. The third-order valence-corrected chi connectivity index (χ3v) is 9.59. The maximum Gasteiger partial charge on any atom is 0.214 e. The smallest absolute Gasteiger partial charge is 0.214 e. The second kappa shape index (κ2) is 9.45. The second-order valence-corrected chi connectivity index (χ2v) is 12.5. The molecule has 0 aromatic carbocycles. The van der Waals surface area contributed by atoms with Crippen molar-refractivity contribution in [2.45, 2.75) is 77.7 Å². The molecule has 0 radical (unpaired) electrons. The summed E-state index contributed by atoms with van der Waals surface area (Å²) in [6.07, 6.45) is 15.6. The Morgan fingerprint density at radius 1 is 1.06 bits per heavy atom. The van der Waals surface area contributed by atoms with Gasteiger partial charge in [-0.25, -0.2) is 4.98 Å². The summed E-state index contributed by atoms with van der Waals surface area (Å²) in [5.41, 5.74) is 2.19. The number of aromatic nitrogens is 4. The molecule has 190 valence electrons. The average molecular weight is 481 g/mol. The van der Waals surface area contributed by atoms with Crippen molar-refractivity contribution in [2.75, 3.05) is 37.6 Å². The third-order valence-electron chi connectivity index (χ3n) is 9.59. The van der Waals surface area contributed by atoms with Crippen molar-refractivity contribution in [2.24, 2.45) is 22.7 Å². The lowest BCUT2D eigenvalue weighted by molar-refractivity contribution is 0.0489. The fourth-order valence-corrected chi connectivity index (χ4v) is 8.36. The molecule has 2 aromatic rings. The van der Waals surface area contributed by atoms with Crippen molar-refractivity contribution in [1.29, 1.82) is 0 Å². The zero-order valence-corrected chi connectivity index (χ0v) is 21.3. The SMILES string of the molecule is C[C@@]12CC3CC(Cn4cc(CCCCN5CCN(c6cccc(F)n6)CC5)nn4)(CCC[C@H]3C1)C2. The normalized spacial score (nSPS) is 32.8. The zero-order valence-electron chi connectivity index (χ0n) is 21.3. The minimum Gasteiger partial charge on any atom is -0.354 e. The van der Waals surface area contributed by atoms with Crippen molar-refractivity contribution in [3.8, 4) is 0 Å². The van der Waals surface area contributed by atoms with Gasteiger partial charge >= 0.3 is 0 Å². The first-order valence-electron chi connectivity index (χ1n) is 14.0. The highest BCUT2D eigenvalue weighted by Crippen LogP contribution is 2.64. The summed E-state index contributed by atoms with van der Waals surface area (Å²) in [6.45, 7) is 8.59. The first-order valence-corrected chi connectivity index (χ1v) is 14.0. The quantitative estimate of drug-likeness (QED) is 0.395. The lowest BCUT2D eigenvalue weighted by atomic mass is 9.62. The maximum atomic E-state index is 13.4. The monoisotopic (exact) mass is 480 g/mol. The highest BCUT2D eigenvalue weighted by Gasteiger charge is 2.54. The zero-order chi connectivity index (χ0) is 23.9. The van der Waals surface area contributed by atoms with Crippen molar-refractivity contribution in [3.63, 3.8) is 0 Å². The molecule has 2 unspecified atom stereocenters. The molecular weight excluding hydrogens is 439 g/mol. The molecule has 3 saturated carbocycles. The summed E-state index contributed by atoms with van der Waals surface area (Å²) in [5.74, 6) is 2.32. The van der Waals surface area contributed by atoms with Crippen molar-refractivity contribution < 1.29 is 4.39 Å². The molecule has 35 heavy (non-hydrogen) atoms.